The molecule has 222 valence electrons. The van der Waals surface area contributed by atoms with E-state index in [0.717, 1.165) is 18.4 Å². The number of aromatic nitrogens is 2. The molecule has 0 bridgehead atoms. The molecule has 1 aromatic heterocycles. The first-order chi connectivity index (χ1) is 20.9. The molecule has 1 saturated heterocycles. The average molecular weight is 605 g/mol. The van der Waals surface area contributed by atoms with Crippen LogP contribution in [0.4, 0.5) is 10.1 Å². The summed E-state index contributed by atoms with van der Waals surface area (Å²) in [6.07, 6.45) is 3.55. The van der Waals surface area contributed by atoms with E-state index in [1.54, 1.807) is 48.7 Å². The van der Waals surface area contributed by atoms with Gasteiger partial charge in [0.15, 0.2) is 6.79 Å². The number of methoxy groups -OCH3 is 1. The molecule has 4 aromatic rings. The molecule has 9 nitrogen and oxygen atoms in total. The van der Waals surface area contributed by atoms with Gasteiger partial charge in [0.05, 0.1) is 11.9 Å². The summed E-state index contributed by atoms with van der Waals surface area (Å²) in [4.78, 5) is 30.4. The largest absolute Gasteiger partial charge is 0.467 e. The predicted molar refractivity (Wildman–Crippen MR) is 161 cm³/mol. The van der Waals surface area contributed by atoms with Crippen molar-refractivity contribution in [1.29, 1.82) is 0 Å². The van der Waals surface area contributed by atoms with Crippen molar-refractivity contribution in [2.45, 2.75) is 12.8 Å². The Bertz CT molecular complexity index is 1670. The number of rotatable bonds is 9. The van der Waals surface area contributed by atoms with E-state index in [0.29, 0.717) is 59.6 Å². The van der Waals surface area contributed by atoms with Gasteiger partial charge in [-0.1, -0.05) is 23.7 Å². The number of anilines is 1. The normalized spacial score (nSPS) is 15.0. The van der Waals surface area contributed by atoms with Crippen LogP contribution in [-0.4, -0.2) is 60.7 Å². The summed E-state index contributed by atoms with van der Waals surface area (Å²) in [7, 11) is 1.49. The topological polar surface area (TPSA) is 86.1 Å². The van der Waals surface area contributed by atoms with Gasteiger partial charge in [-0.05, 0) is 66.9 Å². The van der Waals surface area contributed by atoms with Crippen molar-refractivity contribution in [3.8, 4) is 34.1 Å². The molecule has 2 fully saturated rings. The molecular weight excluding hydrogens is 575 g/mol. The van der Waals surface area contributed by atoms with Gasteiger partial charge in [0.25, 0.3) is 0 Å². The van der Waals surface area contributed by atoms with E-state index in [1.165, 1.54) is 23.9 Å². The quantitative estimate of drug-likeness (QED) is 0.232. The zero-order valence-corrected chi connectivity index (χ0v) is 24.3. The average Bonchev–Trinajstić information content (AvgIpc) is 3.88. The summed E-state index contributed by atoms with van der Waals surface area (Å²) in [6.45, 7) is 2.21. The molecule has 0 radical (unpaired) electrons. The maximum atomic E-state index is 13.9. The van der Waals surface area contributed by atoms with Gasteiger partial charge in [0.2, 0.25) is 11.7 Å². The SMILES string of the molecule is COCOc1cc(F)ccc1-c1ccc(Oc2c(N3CCN(C(=O)C4CC4)CC3)cnn(-c3ccc(Cl)cc3)c2=O)cc1. The Labute approximate surface area is 253 Å². The van der Waals surface area contributed by atoms with Crippen LogP contribution in [0.25, 0.3) is 16.8 Å². The van der Waals surface area contributed by atoms with Crippen molar-refractivity contribution in [2.24, 2.45) is 5.92 Å². The molecule has 0 unspecified atom stereocenters. The lowest BCUT2D eigenvalue weighted by Crippen LogP contribution is -2.49. The highest BCUT2D eigenvalue weighted by Crippen LogP contribution is 2.35. The third-order valence-electron chi connectivity index (χ3n) is 7.51. The Morgan fingerprint density at radius 2 is 1.72 bits per heavy atom. The van der Waals surface area contributed by atoms with E-state index in [4.69, 9.17) is 25.8 Å². The van der Waals surface area contributed by atoms with E-state index >= 15 is 0 Å². The van der Waals surface area contributed by atoms with Gasteiger partial charge in [-0.3, -0.25) is 9.59 Å². The third-order valence-corrected chi connectivity index (χ3v) is 7.76. The fourth-order valence-electron chi connectivity index (χ4n) is 5.07. The fourth-order valence-corrected chi connectivity index (χ4v) is 5.20. The van der Waals surface area contributed by atoms with Crippen molar-refractivity contribution >= 4 is 23.2 Å². The van der Waals surface area contributed by atoms with Crippen molar-refractivity contribution in [2.75, 3.05) is 45.0 Å². The number of nitrogens with zero attached hydrogens (tertiary/aromatic N) is 4. The van der Waals surface area contributed by atoms with Crippen LogP contribution in [0.3, 0.4) is 0 Å². The molecule has 1 amide bonds. The summed E-state index contributed by atoms with van der Waals surface area (Å²) in [5, 5.41) is 4.99. The lowest BCUT2D eigenvalue weighted by Gasteiger charge is -2.36. The smallest absolute Gasteiger partial charge is 0.316 e. The Kier molecular flexibility index (Phi) is 8.31. The van der Waals surface area contributed by atoms with E-state index in [1.807, 2.05) is 21.9 Å². The number of halogens is 2. The van der Waals surface area contributed by atoms with E-state index < -0.39 is 11.4 Å². The Balaban J connectivity index is 1.30. The van der Waals surface area contributed by atoms with Crippen molar-refractivity contribution in [1.82, 2.24) is 14.7 Å². The molecule has 43 heavy (non-hydrogen) atoms. The van der Waals surface area contributed by atoms with Crippen LogP contribution < -0.4 is 19.9 Å². The number of amides is 1. The number of ether oxygens (including phenoxy) is 3. The third kappa shape index (κ3) is 6.35. The van der Waals surface area contributed by atoms with Gasteiger partial charge in [0.1, 0.15) is 23.0 Å². The molecule has 0 spiro atoms. The van der Waals surface area contributed by atoms with Gasteiger partial charge in [0, 0.05) is 55.9 Å². The molecule has 11 heteroatoms. The van der Waals surface area contributed by atoms with Crippen LogP contribution in [-0.2, 0) is 9.53 Å². The monoisotopic (exact) mass is 604 g/mol. The first-order valence-electron chi connectivity index (χ1n) is 14.0. The van der Waals surface area contributed by atoms with Crippen LogP contribution in [0.5, 0.6) is 17.2 Å². The molecule has 1 aliphatic heterocycles. The summed E-state index contributed by atoms with van der Waals surface area (Å²) < 4.78 is 32.0. The molecule has 1 aliphatic carbocycles. The first-order valence-corrected chi connectivity index (χ1v) is 14.4. The van der Waals surface area contributed by atoms with Crippen molar-refractivity contribution in [3.05, 3.63) is 94.1 Å². The fraction of sp³-hybridized carbons (Fsp3) is 0.281. The summed E-state index contributed by atoms with van der Waals surface area (Å²) in [5.74, 6) is 0.845. The molecule has 2 heterocycles. The maximum absolute atomic E-state index is 13.9. The second-order valence-corrected chi connectivity index (χ2v) is 10.9. The molecule has 2 aliphatic rings. The first kappa shape index (κ1) is 28.7. The number of piperazine rings is 1. The highest BCUT2D eigenvalue weighted by Gasteiger charge is 2.35. The van der Waals surface area contributed by atoms with Crippen LogP contribution in [0.1, 0.15) is 12.8 Å². The molecule has 6 rings (SSSR count). The second-order valence-electron chi connectivity index (χ2n) is 10.5. The summed E-state index contributed by atoms with van der Waals surface area (Å²) >= 11 is 6.06. The van der Waals surface area contributed by atoms with E-state index in [9.17, 15) is 14.0 Å². The maximum Gasteiger partial charge on any atom is 0.316 e. The van der Waals surface area contributed by atoms with Gasteiger partial charge >= 0.3 is 5.56 Å². The van der Waals surface area contributed by atoms with Crippen molar-refractivity contribution in [3.63, 3.8) is 0 Å². The molecular formula is C32H30ClFN4O5. The number of carbonyl (C=O) groups is 1. The Hall–Kier alpha value is -4.41. The van der Waals surface area contributed by atoms with Crippen LogP contribution in [0.15, 0.2) is 77.7 Å². The minimum Gasteiger partial charge on any atom is -0.467 e. The minimum absolute atomic E-state index is 0.0225. The predicted octanol–water partition coefficient (Wildman–Crippen LogP) is 5.53. The lowest BCUT2D eigenvalue weighted by atomic mass is 10.0. The van der Waals surface area contributed by atoms with E-state index in [-0.39, 0.29) is 24.4 Å². The van der Waals surface area contributed by atoms with Gasteiger partial charge < -0.3 is 24.0 Å². The summed E-state index contributed by atoms with van der Waals surface area (Å²) in [5.41, 5.74) is 2.10. The standard InChI is InChI=1S/C32H30ClFN4O5/c1-41-20-42-29-18-24(34)8-13-27(29)21-4-11-26(12-5-21)43-30-28(36-14-16-37(17-15-36)31(39)22-2-3-22)19-35-38(32(30)40)25-9-6-23(33)7-10-25/h4-13,18-19,22H,2-3,14-17,20H2,1H3. The second kappa shape index (κ2) is 12.4. The molecule has 0 atom stereocenters. The van der Waals surface area contributed by atoms with Gasteiger partial charge in [-0.2, -0.15) is 9.78 Å². The zero-order valence-electron chi connectivity index (χ0n) is 23.5. The zero-order chi connectivity index (χ0) is 29.9. The van der Waals surface area contributed by atoms with Gasteiger partial charge in [-0.15, -0.1) is 0 Å². The van der Waals surface area contributed by atoms with E-state index in [2.05, 4.69) is 5.10 Å². The summed E-state index contributed by atoms with van der Waals surface area (Å²) in [6, 6.07) is 18.2. The number of hydrogen-bond donors (Lipinski definition) is 0. The number of carbonyl (C=O) groups excluding carboxylic acids is 1. The van der Waals surface area contributed by atoms with Crippen LogP contribution in [0.2, 0.25) is 5.02 Å². The Morgan fingerprint density at radius 1 is 1.00 bits per heavy atom. The van der Waals surface area contributed by atoms with Crippen LogP contribution in [0, 0.1) is 11.7 Å². The Morgan fingerprint density at radius 3 is 2.40 bits per heavy atom. The minimum atomic E-state index is -0.436. The molecule has 3 aromatic carbocycles. The molecule has 0 N–H and O–H groups in total. The number of hydrogen-bond acceptors (Lipinski definition) is 7. The van der Waals surface area contributed by atoms with Crippen molar-refractivity contribution < 1.29 is 23.4 Å². The number of benzene rings is 3. The van der Waals surface area contributed by atoms with Gasteiger partial charge in [-0.25, -0.2) is 4.39 Å². The molecule has 1 saturated carbocycles. The highest BCUT2D eigenvalue weighted by atomic mass is 35.5. The highest BCUT2D eigenvalue weighted by molar-refractivity contribution is 6.30. The lowest BCUT2D eigenvalue weighted by molar-refractivity contribution is -0.132. The van der Waals surface area contributed by atoms with Crippen LogP contribution >= 0.6 is 11.6 Å².